The van der Waals surface area contributed by atoms with Crippen LogP contribution in [0.25, 0.3) is 6.08 Å². The van der Waals surface area contributed by atoms with Gasteiger partial charge in [0, 0.05) is 30.7 Å². The van der Waals surface area contributed by atoms with Gasteiger partial charge in [0.1, 0.15) is 0 Å². The third-order valence-electron chi connectivity index (χ3n) is 4.35. The molecule has 0 bridgehead atoms. The Bertz CT molecular complexity index is 900. The SMILES string of the molecule is CC(C)(C)c1ccc(/C=C/C(=O)Nc2ccc(Cn3ccnc3)cc2)cc1. The van der Waals surface area contributed by atoms with Gasteiger partial charge in [-0.2, -0.15) is 0 Å². The maximum absolute atomic E-state index is 12.1. The second-order valence-corrected chi connectivity index (χ2v) is 7.63. The molecule has 0 fully saturated rings. The van der Waals surface area contributed by atoms with Crippen molar-refractivity contribution in [1.82, 2.24) is 9.55 Å². The Balaban J connectivity index is 1.56. The summed E-state index contributed by atoms with van der Waals surface area (Å²) >= 11 is 0. The lowest BCUT2D eigenvalue weighted by Crippen LogP contribution is -2.10. The van der Waals surface area contributed by atoms with Crippen molar-refractivity contribution in [1.29, 1.82) is 0 Å². The molecule has 1 amide bonds. The molecule has 1 aromatic heterocycles. The first-order valence-corrected chi connectivity index (χ1v) is 9.04. The van der Waals surface area contributed by atoms with E-state index in [9.17, 15) is 4.79 Å². The molecule has 0 aliphatic carbocycles. The predicted octanol–water partition coefficient (Wildman–Crippen LogP) is 4.88. The highest BCUT2D eigenvalue weighted by molar-refractivity contribution is 6.01. The number of amides is 1. The Kier molecular flexibility index (Phi) is 5.55. The second-order valence-electron chi connectivity index (χ2n) is 7.63. The topological polar surface area (TPSA) is 46.9 Å². The van der Waals surface area contributed by atoms with Crippen molar-refractivity contribution < 1.29 is 4.79 Å². The van der Waals surface area contributed by atoms with Crippen LogP contribution in [0.5, 0.6) is 0 Å². The Morgan fingerprint density at radius 1 is 1.07 bits per heavy atom. The lowest BCUT2D eigenvalue weighted by Gasteiger charge is -2.18. The van der Waals surface area contributed by atoms with Crippen LogP contribution in [0.2, 0.25) is 0 Å². The Hall–Kier alpha value is -3.14. The molecule has 0 aliphatic heterocycles. The highest BCUT2D eigenvalue weighted by Crippen LogP contribution is 2.22. The van der Waals surface area contributed by atoms with E-state index in [-0.39, 0.29) is 11.3 Å². The zero-order valence-electron chi connectivity index (χ0n) is 16.0. The van der Waals surface area contributed by atoms with Crippen molar-refractivity contribution in [2.24, 2.45) is 0 Å². The molecule has 0 saturated carbocycles. The largest absolute Gasteiger partial charge is 0.333 e. The first-order chi connectivity index (χ1) is 12.9. The van der Waals surface area contributed by atoms with Gasteiger partial charge in [-0.25, -0.2) is 4.98 Å². The molecule has 0 radical (unpaired) electrons. The van der Waals surface area contributed by atoms with Gasteiger partial charge in [0.15, 0.2) is 0 Å². The Morgan fingerprint density at radius 2 is 1.78 bits per heavy atom. The minimum atomic E-state index is -0.141. The molecule has 3 aromatic rings. The number of benzene rings is 2. The van der Waals surface area contributed by atoms with E-state index in [1.54, 1.807) is 18.6 Å². The van der Waals surface area contributed by atoms with Crippen LogP contribution < -0.4 is 5.32 Å². The van der Waals surface area contributed by atoms with E-state index < -0.39 is 0 Å². The summed E-state index contributed by atoms with van der Waals surface area (Å²) in [4.78, 5) is 16.2. The van der Waals surface area contributed by atoms with Gasteiger partial charge in [-0.05, 0) is 40.3 Å². The van der Waals surface area contributed by atoms with Crippen LogP contribution in [-0.4, -0.2) is 15.5 Å². The molecular formula is C23H25N3O. The number of nitrogens with zero attached hydrogens (tertiary/aromatic N) is 2. The normalized spacial score (nSPS) is 11.7. The van der Waals surface area contributed by atoms with Crippen molar-refractivity contribution in [3.05, 3.63) is 90.0 Å². The van der Waals surface area contributed by atoms with Crippen molar-refractivity contribution in [3.8, 4) is 0 Å². The number of nitrogens with one attached hydrogen (secondary N) is 1. The van der Waals surface area contributed by atoms with Crippen molar-refractivity contribution in [3.63, 3.8) is 0 Å². The second kappa shape index (κ2) is 8.04. The van der Waals surface area contributed by atoms with E-state index in [0.717, 1.165) is 23.4 Å². The molecule has 3 rings (SSSR count). The van der Waals surface area contributed by atoms with E-state index in [1.165, 1.54) is 5.56 Å². The molecule has 138 valence electrons. The summed E-state index contributed by atoms with van der Waals surface area (Å²) < 4.78 is 2.00. The minimum absolute atomic E-state index is 0.129. The monoisotopic (exact) mass is 359 g/mol. The fourth-order valence-corrected chi connectivity index (χ4v) is 2.73. The van der Waals surface area contributed by atoms with Crippen LogP contribution in [0, 0.1) is 0 Å². The molecule has 0 atom stereocenters. The molecule has 1 heterocycles. The fourth-order valence-electron chi connectivity index (χ4n) is 2.73. The van der Waals surface area contributed by atoms with Crippen LogP contribution in [0.1, 0.15) is 37.5 Å². The number of aromatic nitrogens is 2. The van der Waals surface area contributed by atoms with Gasteiger partial charge in [0.05, 0.1) is 6.33 Å². The van der Waals surface area contributed by atoms with Crippen molar-refractivity contribution in [2.75, 3.05) is 5.32 Å². The molecule has 0 saturated heterocycles. The summed E-state index contributed by atoms with van der Waals surface area (Å²) in [5.74, 6) is -0.141. The number of hydrogen-bond donors (Lipinski definition) is 1. The summed E-state index contributed by atoms with van der Waals surface area (Å²) in [6.07, 6.45) is 8.86. The molecule has 1 N–H and O–H groups in total. The predicted molar refractivity (Wildman–Crippen MR) is 111 cm³/mol. The molecule has 0 aliphatic rings. The molecule has 4 nitrogen and oxygen atoms in total. The lowest BCUT2D eigenvalue weighted by atomic mass is 9.87. The first kappa shape index (κ1) is 18.6. The standard InChI is InChI=1S/C23H25N3O/c1-23(2,3)20-9-4-18(5-10-20)8-13-22(27)25-21-11-6-19(7-12-21)16-26-15-14-24-17-26/h4-15,17H,16H2,1-3H3,(H,25,27)/b13-8+. The lowest BCUT2D eigenvalue weighted by molar-refractivity contribution is -0.111. The molecule has 0 spiro atoms. The minimum Gasteiger partial charge on any atom is -0.333 e. The van der Waals surface area contributed by atoms with Crippen LogP contribution >= 0.6 is 0 Å². The van der Waals surface area contributed by atoms with Gasteiger partial charge >= 0.3 is 0 Å². The summed E-state index contributed by atoms with van der Waals surface area (Å²) in [7, 11) is 0. The Morgan fingerprint density at radius 3 is 2.37 bits per heavy atom. The molecule has 2 aromatic carbocycles. The zero-order valence-corrected chi connectivity index (χ0v) is 16.0. The average Bonchev–Trinajstić information content (AvgIpc) is 3.14. The highest BCUT2D eigenvalue weighted by Gasteiger charge is 2.12. The van der Waals surface area contributed by atoms with Crippen LogP contribution in [-0.2, 0) is 16.8 Å². The number of carbonyl (C=O) groups excluding carboxylic acids is 1. The molecule has 4 heteroatoms. The van der Waals surface area contributed by atoms with E-state index in [4.69, 9.17) is 0 Å². The van der Waals surface area contributed by atoms with Crippen molar-refractivity contribution >= 4 is 17.7 Å². The van der Waals surface area contributed by atoms with Gasteiger partial charge in [0.25, 0.3) is 0 Å². The van der Waals surface area contributed by atoms with Gasteiger partial charge in [0.2, 0.25) is 5.91 Å². The number of carbonyl (C=O) groups is 1. The van der Waals surface area contributed by atoms with Gasteiger partial charge < -0.3 is 9.88 Å². The summed E-state index contributed by atoms with van der Waals surface area (Å²) in [6.45, 7) is 7.32. The summed E-state index contributed by atoms with van der Waals surface area (Å²) in [5.41, 5.74) is 4.35. The quantitative estimate of drug-likeness (QED) is 0.660. The molecular weight excluding hydrogens is 334 g/mol. The van der Waals surface area contributed by atoms with E-state index >= 15 is 0 Å². The van der Waals surface area contributed by atoms with Gasteiger partial charge in [-0.1, -0.05) is 57.2 Å². The number of rotatable bonds is 5. The maximum Gasteiger partial charge on any atom is 0.248 e. The first-order valence-electron chi connectivity index (χ1n) is 9.04. The fraction of sp³-hybridized carbons (Fsp3) is 0.217. The van der Waals surface area contributed by atoms with Crippen LogP contribution in [0.3, 0.4) is 0 Å². The number of imidazole rings is 1. The highest BCUT2D eigenvalue weighted by atomic mass is 16.1. The number of hydrogen-bond acceptors (Lipinski definition) is 2. The van der Waals surface area contributed by atoms with Crippen LogP contribution in [0.4, 0.5) is 5.69 Å². The zero-order chi connectivity index (χ0) is 19.3. The van der Waals surface area contributed by atoms with E-state index in [1.807, 2.05) is 53.2 Å². The van der Waals surface area contributed by atoms with E-state index in [2.05, 4.69) is 43.2 Å². The summed E-state index contributed by atoms with van der Waals surface area (Å²) in [6, 6.07) is 16.1. The molecule has 27 heavy (non-hydrogen) atoms. The van der Waals surface area contributed by atoms with Gasteiger partial charge in [-0.15, -0.1) is 0 Å². The number of anilines is 1. The third-order valence-corrected chi connectivity index (χ3v) is 4.35. The average molecular weight is 359 g/mol. The van der Waals surface area contributed by atoms with Crippen LogP contribution in [0.15, 0.2) is 73.3 Å². The Labute approximate surface area is 160 Å². The third kappa shape index (κ3) is 5.42. The van der Waals surface area contributed by atoms with E-state index in [0.29, 0.717) is 0 Å². The maximum atomic E-state index is 12.1. The summed E-state index contributed by atoms with van der Waals surface area (Å²) in [5, 5.41) is 2.89. The van der Waals surface area contributed by atoms with Crippen molar-refractivity contribution in [2.45, 2.75) is 32.7 Å². The smallest absolute Gasteiger partial charge is 0.248 e. The van der Waals surface area contributed by atoms with Gasteiger partial charge in [-0.3, -0.25) is 4.79 Å². The molecule has 0 unspecified atom stereocenters.